The normalized spacial score (nSPS) is 9.96. The summed E-state index contributed by atoms with van der Waals surface area (Å²) in [5, 5.41) is 2.70. The molecular weight excluding hydrogens is 338 g/mol. The summed E-state index contributed by atoms with van der Waals surface area (Å²) in [7, 11) is 3.05. The first-order chi connectivity index (χ1) is 12.6. The third-order valence-corrected chi connectivity index (χ3v) is 3.41. The van der Waals surface area contributed by atoms with Gasteiger partial charge >= 0.3 is 5.97 Å². The molecule has 0 saturated carbocycles. The van der Waals surface area contributed by atoms with Gasteiger partial charge in [-0.25, -0.2) is 4.79 Å². The Bertz CT molecular complexity index is 774. The maximum Gasteiger partial charge on any atom is 0.341 e. The van der Waals surface area contributed by atoms with Crippen molar-refractivity contribution in [1.29, 1.82) is 0 Å². The van der Waals surface area contributed by atoms with Gasteiger partial charge < -0.3 is 24.3 Å². The zero-order valence-corrected chi connectivity index (χ0v) is 14.9. The number of rotatable bonds is 8. The topological polar surface area (TPSA) is 83.1 Å². The molecule has 0 bridgehead atoms. The molecule has 0 aliphatic rings. The summed E-state index contributed by atoms with van der Waals surface area (Å²) in [6.45, 7) is 1.72. The minimum Gasteiger partial charge on any atom is -0.493 e. The van der Waals surface area contributed by atoms with Crippen molar-refractivity contribution >= 4 is 17.6 Å². The van der Waals surface area contributed by atoms with Crippen LogP contribution in [0.1, 0.15) is 17.3 Å². The molecule has 2 aromatic carbocycles. The molecule has 26 heavy (non-hydrogen) atoms. The third-order valence-electron chi connectivity index (χ3n) is 3.41. The minimum atomic E-state index is -0.497. The molecule has 0 heterocycles. The SMILES string of the molecule is CCOC(=O)c1ccccc1OCC(=O)Nc1ccc(OC)c(OC)c1. The van der Waals surface area contributed by atoms with E-state index in [1.807, 2.05) is 0 Å². The van der Waals surface area contributed by atoms with Crippen LogP contribution in [-0.2, 0) is 9.53 Å². The number of esters is 1. The molecule has 0 unspecified atom stereocenters. The molecule has 0 aliphatic heterocycles. The number of methoxy groups -OCH3 is 2. The van der Waals surface area contributed by atoms with Crippen LogP contribution in [0.2, 0.25) is 0 Å². The van der Waals surface area contributed by atoms with Gasteiger partial charge in [0.25, 0.3) is 5.91 Å². The maximum atomic E-state index is 12.1. The number of amides is 1. The van der Waals surface area contributed by atoms with Crippen LogP contribution in [0.25, 0.3) is 0 Å². The number of benzene rings is 2. The Labute approximate surface area is 151 Å². The highest BCUT2D eigenvalue weighted by Crippen LogP contribution is 2.29. The number of nitrogens with one attached hydrogen (secondary N) is 1. The summed E-state index contributed by atoms with van der Waals surface area (Å²) in [5.74, 6) is 0.469. The van der Waals surface area contributed by atoms with E-state index >= 15 is 0 Å². The standard InChI is InChI=1S/C19H21NO6/c1-4-25-19(22)14-7-5-6-8-15(14)26-12-18(21)20-13-9-10-16(23-2)17(11-13)24-3/h5-11H,4,12H2,1-3H3,(H,20,21). The maximum absolute atomic E-state index is 12.1. The summed E-state index contributed by atoms with van der Waals surface area (Å²) in [5.41, 5.74) is 0.809. The Balaban J connectivity index is 2.00. The molecule has 138 valence electrons. The highest BCUT2D eigenvalue weighted by molar-refractivity contribution is 5.94. The van der Waals surface area contributed by atoms with Crippen molar-refractivity contribution in [3.63, 3.8) is 0 Å². The van der Waals surface area contributed by atoms with Crippen molar-refractivity contribution in [3.05, 3.63) is 48.0 Å². The zero-order chi connectivity index (χ0) is 18.9. The average molecular weight is 359 g/mol. The molecule has 1 N–H and O–H groups in total. The lowest BCUT2D eigenvalue weighted by Gasteiger charge is -2.12. The van der Waals surface area contributed by atoms with Crippen molar-refractivity contribution in [2.75, 3.05) is 32.8 Å². The summed E-state index contributed by atoms with van der Waals surface area (Å²) in [6, 6.07) is 11.6. The number of hydrogen-bond donors (Lipinski definition) is 1. The van der Waals surface area contributed by atoms with Gasteiger partial charge in [0.05, 0.1) is 20.8 Å². The van der Waals surface area contributed by atoms with Gasteiger partial charge in [-0.3, -0.25) is 4.79 Å². The van der Waals surface area contributed by atoms with E-state index in [1.54, 1.807) is 49.4 Å². The molecule has 2 rings (SSSR count). The largest absolute Gasteiger partial charge is 0.493 e. The second-order valence-electron chi connectivity index (χ2n) is 5.12. The van der Waals surface area contributed by atoms with Crippen LogP contribution >= 0.6 is 0 Å². The molecule has 0 radical (unpaired) electrons. The van der Waals surface area contributed by atoms with Crippen molar-refractivity contribution < 1.29 is 28.5 Å². The lowest BCUT2D eigenvalue weighted by Crippen LogP contribution is -2.21. The predicted molar refractivity (Wildman–Crippen MR) is 96.1 cm³/mol. The van der Waals surface area contributed by atoms with E-state index in [9.17, 15) is 9.59 Å². The van der Waals surface area contributed by atoms with Crippen LogP contribution in [-0.4, -0.2) is 39.3 Å². The fraction of sp³-hybridized carbons (Fsp3) is 0.263. The summed E-state index contributed by atoms with van der Waals surface area (Å²) < 4.78 is 20.8. The average Bonchev–Trinajstić information content (AvgIpc) is 2.66. The molecule has 0 fully saturated rings. The zero-order valence-electron chi connectivity index (χ0n) is 14.9. The fourth-order valence-corrected chi connectivity index (χ4v) is 2.22. The fourth-order valence-electron chi connectivity index (χ4n) is 2.22. The summed E-state index contributed by atoms with van der Waals surface area (Å²) >= 11 is 0. The second-order valence-corrected chi connectivity index (χ2v) is 5.12. The highest BCUT2D eigenvalue weighted by Gasteiger charge is 2.14. The summed E-state index contributed by atoms with van der Waals surface area (Å²) in [6.07, 6.45) is 0. The van der Waals surface area contributed by atoms with Crippen LogP contribution in [0.3, 0.4) is 0 Å². The molecule has 0 aromatic heterocycles. The number of ether oxygens (including phenoxy) is 4. The van der Waals surface area contributed by atoms with Crippen LogP contribution in [0.5, 0.6) is 17.2 Å². The van der Waals surface area contributed by atoms with Crippen molar-refractivity contribution in [2.45, 2.75) is 6.92 Å². The molecule has 7 nitrogen and oxygen atoms in total. The lowest BCUT2D eigenvalue weighted by molar-refractivity contribution is -0.118. The van der Waals surface area contributed by atoms with Crippen molar-refractivity contribution in [3.8, 4) is 17.2 Å². The minimum absolute atomic E-state index is 0.257. The van der Waals surface area contributed by atoms with Gasteiger partial charge in [-0.15, -0.1) is 0 Å². The van der Waals surface area contributed by atoms with E-state index in [-0.39, 0.29) is 30.4 Å². The summed E-state index contributed by atoms with van der Waals surface area (Å²) in [4.78, 5) is 24.0. The number of para-hydroxylation sites is 1. The highest BCUT2D eigenvalue weighted by atomic mass is 16.5. The number of carbonyl (C=O) groups excluding carboxylic acids is 2. The first-order valence-corrected chi connectivity index (χ1v) is 7.99. The van der Waals surface area contributed by atoms with E-state index in [1.165, 1.54) is 14.2 Å². The number of anilines is 1. The Morgan fingerprint density at radius 2 is 1.69 bits per heavy atom. The predicted octanol–water partition coefficient (Wildman–Crippen LogP) is 2.90. The van der Waals surface area contributed by atoms with Crippen LogP contribution in [0.4, 0.5) is 5.69 Å². The molecule has 0 aliphatic carbocycles. The van der Waals surface area contributed by atoms with E-state index < -0.39 is 5.97 Å². The van der Waals surface area contributed by atoms with E-state index in [0.717, 1.165) is 0 Å². The van der Waals surface area contributed by atoms with Gasteiger partial charge in [0.1, 0.15) is 11.3 Å². The molecular formula is C19H21NO6. The Hall–Kier alpha value is -3.22. The van der Waals surface area contributed by atoms with Crippen molar-refractivity contribution in [2.24, 2.45) is 0 Å². The lowest BCUT2D eigenvalue weighted by atomic mass is 10.2. The number of hydrogen-bond acceptors (Lipinski definition) is 6. The van der Waals surface area contributed by atoms with E-state index in [4.69, 9.17) is 18.9 Å². The van der Waals surface area contributed by atoms with Crippen LogP contribution in [0, 0.1) is 0 Å². The van der Waals surface area contributed by atoms with Gasteiger partial charge in [0.2, 0.25) is 0 Å². The van der Waals surface area contributed by atoms with Gasteiger partial charge in [-0.1, -0.05) is 12.1 Å². The Morgan fingerprint density at radius 3 is 2.38 bits per heavy atom. The first kappa shape index (κ1) is 19.1. The Kier molecular flexibility index (Phi) is 6.84. The third kappa shape index (κ3) is 4.89. The smallest absolute Gasteiger partial charge is 0.341 e. The molecule has 2 aromatic rings. The van der Waals surface area contributed by atoms with Gasteiger partial charge in [-0.2, -0.15) is 0 Å². The van der Waals surface area contributed by atoms with E-state index in [0.29, 0.717) is 17.2 Å². The number of carbonyl (C=O) groups is 2. The molecule has 0 saturated heterocycles. The van der Waals surface area contributed by atoms with Gasteiger partial charge in [-0.05, 0) is 31.2 Å². The van der Waals surface area contributed by atoms with Gasteiger partial charge in [0.15, 0.2) is 18.1 Å². The monoisotopic (exact) mass is 359 g/mol. The van der Waals surface area contributed by atoms with Crippen molar-refractivity contribution in [1.82, 2.24) is 0 Å². The Morgan fingerprint density at radius 1 is 0.962 bits per heavy atom. The molecule has 7 heteroatoms. The van der Waals surface area contributed by atoms with E-state index in [2.05, 4.69) is 5.32 Å². The molecule has 0 spiro atoms. The first-order valence-electron chi connectivity index (χ1n) is 7.99. The van der Waals surface area contributed by atoms with Crippen LogP contribution < -0.4 is 19.5 Å². The molecule has 1 amide bonds. The van der Waals surface area contributed by atoms with Crippen LogP contribution in [0.15, 0.2) is 42.5 Å². The quantitative estimate of drug-likeness (QED) is 0.730. The second kappa shape index (κ2) is 9.31. The molecule has 0 atom stereocenters. The van der Waals surface area contributed by atoms with Gasteiger partial charge in [0, 0.05) is 11.8 Å².